The van der Waals surface area contributed by atoms with E-state index in [1.807, 2.05) is 28.8 Å². The Morgan fingerprint density at radius 1 is 1.38 bits per heavy atom. The Labute approximate surface area is 125 Å². The predicted molar refractivity (Wildman–Crippen MR) is 81.9 cm³/mol. The van der Waals surface area contributed by atoms with E-state index >= 15 is 0 Å². The number of aliphatic hydroxyl groups is 1. The predicted octanol–water partition coefficient (Wildman–Crippen LogP) is 2.55. The van der Waals surface area contributed by atoms with Gasteiger partial charge >= 0.3 is 0 Å². The first-order valence-corrected chi connectivity index (χ1v) is 7.67. The minimum absolute atomic E-state index is 0.268. The lowest BCUT2D eigenvalue weighted by Crippen LogP contribution is -2.29. The summed E-state index contributed by atoms with van der Waals surface area (Å²) in [7, 11) is 0. The number of pyridine rings is 1. The van der Waals surface area contributed by atoms with Crippen molar-refractivity contribution in [3.63, 3.8) is 0 Å². The Bertz CT molecular complexity index is 656. The van der Waals surface area contributed by atoms with Gasteiger partial charge in [0, 0.05) is 37.2 Å². The van der Waals surface area contributed by atoms with Crippen LogP contribution in [0.5, 0.6) is 0 Å². The number of hydrogen-bond acceptors (Lipinski definition) is 3. The summed E-state index contributed by atoms with van der Waals surface area (Å²) in [5, 5.41) is 18.5. The number of nitrogens with zero attached hydrogens (tertiary/aromatic N) is 3. The van der Waals surface area contributed by atoms with E-state index < -0.39 is 0 Å². The topological polar surface area (TPSA) is 51.7 Å². The van der Waals surface area contributed by atoms with E-state index in [1.165, 1.54) is 12.8 Å². The molecular weight excluding hydrogens is 262 g/mol. The molecule has 0 radical (unpaired) electrons. The van der Waals surface area contributed by atoms with Crippen LogP contribution >= 0.6 is 0 Å². The van der Waals surface area contributed by atoms with Gasteiger partial charge in [0.05, 0.1) is 11.1 Å². The van der Waals surface area contributed by atoms with Crippen molar-refractivity contribution in [1.82, 2.24) is 9.30 Å². The zero-order valence-electron chi connectivity index (χ0n) is 12.2. The van der Waals surface area contributed by atoms with Crippen LogP contribution in [0.1, 0.15) is 36.8 Å². The summed E-state index contributed by atoms with van der Waals surface area (Å²) in [5.41, 5.74) is 2.89. The molecule has 2 aromatic heterocycles. The van der Waals surface area contributed by atoms with E-state index in [-0.39, 0.29) is 6.61 Å². The number of aliphatic hydroxyl groups excluding tert-OH is 1. The Morgan fingerprint density at radius 3 is 3.10 bits per heavy atom. The lowest BCUT2D eigenvalue weighted by atomic mass is 10.1. The van der Waals surface area contributed by atoms with Crippen molar-refractivity contribution < 1.29 is 5.11 Å². The van der Waals surface area contributed by atoms with Gasteiger partial charge in [0.15, 0.2) is 0 Å². The van der Waals surface area contributed by atoms with Gasteiger partial charge in [-0.2, -0.15) is 5.26 Å². The lowest BCUT2D eigenvalue weighted by Gasteiger charge is -2.23. The van der Waals surface area contributed by atoms with Gasteiger partial charge in [0.25, 0.3) is 0 Å². The molecular formula is C17H21N3O. The molecule has 3 heterocycles. The molecule has 0 spiro atoms. The maximum Gasteiger partial charge on any atom is 0.102 e. The van der Waals surface area contributed by atoms with Crippen LogP contribution in [0.4, 0.5) is 0 Å². The minimum atomic E-state index is 0.268. The summed E-state index contributed by atoms with van der Waals surface area (Å²) < 4.78 is 2.03. The fourth-order valence-corrected chi connectivity index (χ4v) is 3.40. The molecule has 110 valence electrons. The van der Waals surface area contributed by atoms with Crippen molar-refractivity contribution in [3.8, 4) is 6.07 Å². The summed E-state index contributed by atoms with van der Waals surface area (Å²) >= 11 is 0. The number of likely N-dealkylation sites (tertiary alicyclic amines) is 1. The molecule has 0 amide bonds. The van der Waals surface area contributed by atoms with E-state index in [0.717, 1.165) is 42.6 Å². The fourth-order valence-electron chi connectivity index (χ4n) is 3.40. The maximum absolute atomic E-state index is 9.47. The van der Waals surface area contributed by atoms with Crippen LogP contribution < -0.4 is 0 Å². The van der Waals surface area contributed by atoms with Gasteiger partial charge in [0.1, 0.15) is 6.07 Å². The third kappa shape index (κ3) is 2.80. The second kappa shape index (κ2) is 6.30. The molecule has 1 saturated heterocycles. The van der Waals surface area contributed by atoms with Crippen LogP contribution in [0.25, 0.3) is 5.52 Å². The molecule has 1 fully saturated rings. The average Bonchev–Trinajstić information content (AvgIpc) is 3.09. The molecule has 4 nitrogen and oxygen atoms in total. The number of nitriles is 1. The van der Waals surface area contributed by atoms with Gasteiger partial charge in [-0.15, -0.1) is 0 Å². The van der Waals surface area contributed by atoms with Gasteiger partial charge in [-0.1, -0.05) is 6.07 Å². The number of hydrogen-bond donors (Lipinski definition) is 1. The van der Waals surface area contributed by atoms with Gasteiger partial charge in [-0.05, 0) is 44.4 Å². The van der Waals surface area contributed by atoms with Gasteiger partial charge in [0.2, 0.25) is 0 Å². The molecule has 0 aliphatic carbocycles. The molecule has 1 atom stereocenters. The zero-order valence-corrected chi connectivity index (χ0v) is 12.2. The summed E-state index contributed by atoms with van der Waals surface area (Å²) in [5.74, 6) is 0. The second-order valence-corrected chi connectivity index (χ2v) is 5.77. The second-order valence-electron chi connectivity index (χ2n) is 5.77. The normalized spacial score (nSPS) is 19.1. The highest BCUT2D eigenvalue weighted by atomic mass is 16.2. The molecule has 0 saturated carbocycles. The van der Waals surface area contributed by atoms with Gasteiger partial charge in [-0.25, -0.2) is 0 Å². The van der Waals surface area contributed by atoms with Crippen molar-refractivity contribution in [1.29, 1.82) is 5.26 Å². The van der Waals surface area contributed by atoms with Crippen LogP contribution in [0.3, 0.4) is 0 Å². The summed E-state index contributed by atoms with van der Waals surface area (Å²) in [6.45, 7) is 2.19. The van der Waals surface area contributed by atoms with Crippen LogP contribution in [0, 0.1) is 11.3 Å². The average molecular weight is 283 g/mol. The van der Waals surface area contributed by atoms with Crippen molar-refractivity contribution in [2.45, 2.75) is 38.3 Å². The fraction of sp³-hybridized carbons (Fsp3) is 0.471. The Balaban J connectivity index is 1.83. The molecule has 4 heteroatoms. The Hall–Kier alpha value is -1.83. The molecule has 0 bridgehead atoms. The first-order valence-electron chi connectivity index (χ1n) is 7.67. The largest absolute Gasteiger partial charge is 0.396 e. The Morgan fingerprint density at radius 2 is 2.29 bits per heavy atom. The van der Waals surface area contributed by atoms with Crippen LogP contribution in [-0.4, -0.2) is 33.6 Å². The number of aromatic nitrogens is 1. The molecule has 1 unspecified atom stereocenters. The van der Waals surface area contributed by atoms with E-state index in [2.05, 4.69) is 17.2 Å². The van der Waals surface area contributed by atoms with Gasteiger partial charge < -0.3 is 9.51 Å². The van der Waals surface area contributed by atoms with Crippen LogP contribution in [0.2, 0.25) is 0 Å². The highest BCUT2D eigenvalue weighted by Crippen LogP contribution is 2.26. The van der Waals surface area contributed by atoms with Crippen molar-refractivity contribution in [2.75, 3.05) is 13.2 Å². The van der Waals surface area contributed by atoms with Crippen molar-refractivity contribution in [3.05, 3.63) is 41.7 Å². The van der Waals surface area contributed by atoms with E-state index in [0.29, 0.717) is 6.04 Å². The summed E-state index contributed by atoms with van der Waals surface area (Å²) in [6.07, 6.45) is 8.40. The molecule has 1 aliphatic rings. The zero-order chi connectivity index (χ0) is 14.7. The number of rotatable bonds is 5. The smallest absolute Gasteiger partial charge is 0.102 e. The maximum atomic E-state index is 9.47. The van der Waals surface area contributed by atoms with Gasteiger partial charge in [-0.3, -0.25) is 4.90 Å². The minimum Gasteiger partial charge on any atom is -0.396 e. The molecule has 2 aromatic rings. The lowest BCUT2D eigenvalue weighted by molar-refractivity contribution is 0.210. The first-order chi connectivity index (χ1) is 10.3. The summed E-state index contributed by atoms with van der Waals surface area (Å²) in [6, 6.07) is 8.86. The standard InChI is InChI=1S/C17H21N3O/c18-11-16-14(13-20-8-2-1-7-17(16)20)12-19-9-3-5-15(19)6-4-10-21/h1-2,7-8,13,15,21H,3-6,9-10,12H2. The van der Waals surface area contributed by atoms with E-state index in [1.54, 1.807) is 0 Å². The van der Waals surface area contributed by atoms with Crippen LogP contribution in [0.15, 0.2) is 30.6 Å². The molecule has 1 N–H and O–H groups in total. The molecule has 1 aliphatic heterocycles. The summed E-state index contributed by atoms with van der Waals surface area (Å²) in [4.78, 5) is 2.46. The monoisotopic (exact) mass is 283 g/mol. The highest BCUT2D eigenvalue weighted by molar-refractivity contribution is 5.65. The molecule has 0 aromatic carbocycles. The quantitative estimate of drug-likeness (QED) is 0.917. The first kappa shape index (κ1) is 14.1. The third-order valence-electron chi connectivity index (χ3n) is 4.44. The van der Waals surface area contributed by atoms with Crippen LogP contribution in [-0.2, 0) is 6.54 Å². The van der Waals surface area contributed by atoms with E-state index in [4.69, 9.17) is 5.11 Å². The molecule has 3 rings (SSSR count). The Kier molecular flexibility index (Phi) is 4.23. The number of fused-ring (bicyclic) bond motifs is 1. The highest BCUT2D eigenvalue weighted by Gasteiger charge is 2.25. The third-order valence-corrected chi connectivity index (χ3v) is 4.44. The molecule has 21 heavy (non-hydrogen) atoms. The van der Waals surface area contributed by atoms with Crippen molar-refractivity contribution in [2.24, 2.45) is 0 Å². The van der Waals surface area contributed by atoms with E-state index in [9.17, 15) is 5.26 Å². The van der Waals surface area contributed by atoms with Crippen molar-refractivity contribution >= 4 is 5.52 Å². The SMILES string of the molecule is N#Cc1c(CN2CCCC2CCCO)cn2ccccc12.